The Bertz CT molecular complexity index is 1550. The van der Waals surface area contributed by atoms with E-state index in [-0.39, 0.29) is 57.9 Å². The van der Waals surface area contributed by atoms with E-state index in [1.807, 2.05) is 50.2 Å². The number of benzene rings is 2. The lowest BCUT2D eigenvalue weighted by molar-refractivity contribution is 0.0681. The number of carbonyl (C=O) groups is 2. The Morgan fingerprint density at radius 1 is 0.690 bits per heavy atom. The number of hydrogen-bond acceptors (Lipinski definition) is 8. The summed E-state index contributed by atoms with van der Waals surface area (Å²) >= 11 is 12.5. The topological polar surface area (TPSA) is 137 Å². The molecule has 0 bridgehead atoms. The zero-order valence-corrected chi connectivity index (χ0v) is 24.5. The number of carboxylic acids is 2. The highest BCUT2D eigenvalue weighted by Crippen LogP contribution is 2.34. The van der Waals surface area contributed by atoms with Crippen LogP contribution in [0.3, 0.4) is 0 Å². The molecule has 0 aliphatic carbocycles. The van der Waals surface area contributed by atoms with Gasteiger partial charge in [0.2, 0.25) is 23.5 Å². The van der Waals surface area contributed by atoms with Crippen molar-refractivity contribution in [1.82, 2.24) is 9.97 Å². The van der Waals surface area contributed by atoms with Gasteiger partial charge in [-0.1, -0.05) is 59.6 Å². The van der Waals surface area contributed by atoms with Crippen LogP contribution < -0.4 is 18.9 Å². The summed E-state index contributed by atoms with van der Waals surface area (Å²) in [6.07, 6.45) is 0. The van der Waals surface area contributed by atoms with E-state index in [4.69, 9.17) is 42.1 Å². The van der Waals surface area contributed by atoms with Gasteiger partial charge in [-0.05, 0) is 59.4 Å². The molecule has 2 N–H and O–H groups in total. The number of nitrogens with zero attached hydrogens (tertiary/aromatic N) is 2. The van der Waals surface area contributed by atoms with Gasteiger partial charge in [0, 0.05) is 0 Å². The SMILES string of the molecule is COc1nc(OCc2cccc(-c3cccc(COc4nc(OC)c(C(=O)O)cc4Cl)c3C)c2C)c(Cl)cc1C(=O)O. The summed E-state index contributed by atoms with van der Waals surface area (Å²) in [5.74, 6) is -2.52. The third kappa shape index (κ3) is 6.35. The quantitative estimate of drug-likeness (QED) is 0.189. The van der Waals surface area contributed by atoms with Crippen LogP contribution in [-0.2, 0) is 13.2 Å². The number of aromatic nitrogens is 2. The number of hydrogen-bond donors (Lipinski definition) is 2. The smallest absolute Gasteiger partial charge is 0.341 e. The molecular formula is C30H26Cl2N2O8. The second kappa shape index (κ2) is 13.0. The molecule has 42 heavy (non-hydrogen) atoms. The third-order valence-electron chi connectivity index (χ3n) is 6.58. The molecule has 0 atom stereocenters. The van der Waals surface area contributed by atoms with Crippen LogP contribution in [0, 0.1) is 13.8 Å². The summed E-state index contributed by atoms with van der Waals surface area (Å²) in [6.45, 7) is 4.20. The number of ether oxygens (including phenoxy) is 4. The van der Waals surface area contributed by atoms with E-state index in [1.54, 1.807) is 0 Å². The van der Waals surface area contributed by atoms with Crippen LogP contribution >= 0.6 is 23.2 Å². The van der Waals surface area contributed by atoms with Crippen LogP contribution in [0.25, 0.3) is 11.1 Å². The van der Waals surface area contributed by atoms with E-state index in [0.717, 1.165) is 33.4 Å². The molecule has 218 valence electrons. The first-order valence-electron chi connectivity index (χ1n) is 12.4. The highest BCUT2D eigenvalue weighted by Gasteiger charge is 2.20. The van der Waals surface area contributed by atoms with E-state index in [9.17, 15) is 19.8 Å². The average Bonchev–Trinajstić information content (AvgIpc) is 2.96. The van der Waals surface area contributed by atoms with E-state index < -0.39 is 11.9 Å². The highest BCUT2D eigenvalue weighted by atomic mass is 35.5. The first-order valence-corrected chi connectivity index (χ1v) is 13.2. The number of halogens is 2. The lowest BCUT2D eigenvalue weighted by atomic mass is 9.92. The van der Waals surface area contributed by atoms with Gasteiger partial charge in [0.05, 0.1) is 14.2 Å². The second-order valence-electron chi connectivity index (χ2n) is 9.03. The first-order chi connectivity index (χ1) is 20.0. The molecule has 0 spiro atoms. The van der Waals surface area contributed by atoms with Crippen molar-refractivity contribution in [3.05, 3.63) is 92.0 Å². The summed E-state index contributed by atoms with van der Waals surface area (Å²) in [4.78, 5) is 31.1. The molecule has 0 saturated carbocycles. The average molecular weight is 613 g/mol. The van der Waals surface area contributed by atoms with Crippen molar-refractivity contribution in [3.8, 4) is 34.6 Å². The predicted octanol–water partition coefficient (Wildman–Crippen LogP) is 6.64. The summed E-state index contributed by atoms with van der Waals surface area (Å²) < 4.78 is 21.9. The van der Waals surface area contributed by atoms with Crippen LogP contribution in [0.2, 0.25) is 10.0 Å². The molecule has 0 fully saturated rings. The molecule has 4 rings (SSSR count). The minimum atomic E-state index is -1.21. The Morgan fingerprint density at radius 2 is 1.07 bits per heavy atom. The fourth-order valence-electron chi connectivity index (χ4n) is 4.29. The molecule has 2 aromatic carbocycles. The lowest BCUT2D eigenvalue weighted by Gasteiger charge is -2.17. The zero-order chi connectivity index (χ0) is 30.6. The molecule has 0 aliphatic rings. The number of methoxy groups -OCH3 is 2. The predicted molar refractivity (Wildman–Crippen MR) is 156 cm³/mol. The number of rotatable bonds is 11. The molecule has 12 heteroatoms. The molecule has 0 aliphatic heterocycles. The normalized spacial score (nSPS) is 10.7. The highest BCUT2D eigenvalue weighted by molar-refractivity contribution is 6.32. The van der Waals surface area contributed by atoms with Crippen LogP contribution in [0.4, 0.5) is 0 Å². The zero-order valence-electron chi connectivity index (χ0n) is 23.0. The third-order valence-corrected chi connectivity index (χ3v) is 7.12. The van der Waals surface area contributed by atoms with Crippen molar-refractivity contribution in [3.63, 3.8) is 0 Å². The van der Waals surface area contributed by atoms with Crippen LogP contribution in [0.1, 0.15) is 43.0 Å². The molecule has 10 nitrogen and oxygen atoms in total. The van der Waals surface area contributed by atoms with Crippen molar-refractivity contribution in [2.45, 2.75) is 27.1 Å². The molecule has 0 unspecified atom stereocenters. The van der Waals surface area contributed by atoms with Crippen molar-refractivity contribution < 1.29 is 38.7 Å². The van der Waals surface area contributed by atoms with Crippen molar-refractivity contribution >= 4 is 35.1 Å². The fourth-order valence-corrected chi connectivity index (χ4v) is 4.70. The maximum absolute atomic E-state index is 11.4. The van der Waals surface area contributed by atoms with E-state index in [1.165, 1.54) is 26.4 Å². The number of pyridine rings is 2. The van der Waals surface area contributed by atoms with Gasteiger partial charge in [0.25, 0.3) is 0 Å². The monoisotopic (exact) mass is 612 g/mol. The van der Waals surface area contributed by atoms with Gasteiger partial charge in [0.1, 0.15) is 34.4 Å². The van der Waals surface area contributed by atoms with E-state index in [2.05, 4.69) is 9.97 Å². The van der Waals surface area contributed by atoms with E-state index >= 15 is 0 Å². The van der Waals surface area contributed by atoms with Crippen LogP contribution in [-0.4, -0.2) is 46.3 Å². The van der Waals surface area contributed by atoms with Crippen LogP contribution in [0.5, 0.6) is 23.5 Å². The van der Waals surface area contributed by atoms with Crippen molar-refractivity contribution in [1.29, 1.82) is 0 Å². The Kier molecular flexibility index (Phi) is 9.39. The molecule has 2 aromatic heterocycles. The Hall–Kier alpha value is -4.54. The Morgan fingerprint density at radius 3 is 1.40 bits per heavy atom. The number of carboxylic acid groups (broad SMARTS) is 2. The maximum atomic E-state index is 11.4. The van der Waals surface area contributed by atoms with Crippen LogP contribution in [0.15, 0.2) is 48.5 Å². The molecule has 0 amide bonds. The summed E-state index contributed by atoms with van der Waals surface area (Å²) in [5.41, 5.74) is 5.27. The van der Waals surface area contributed by atoms with Gasteiger partial charge in [0.15, 0.2) is 0 Å². The van der Waals surface area contributed by atoms with Gasteiger partial charge in [-0.15, -0.1) is 0 Å². The number of aromatic carboxylic acids is 2. The lowest BCUT2D eigenvalue weighted by Crippen LogP contribution is -2.07. The summed E-state index contributed by atoms with van der Waals surface area (Å²) in [6, 6.07) is 14.1. The molecule has 4 aromatic rings. The van der Waals surface area contributed by atoms with E-state index in [0.29, 0.717) is 0 Å². The first kappa shape index (κ1) is 30.4. The van der Waals surface area contributed by atoms with Gasteiger partial charge >= 0.3 is 11.9 Å². The van der Waals surface area contributed by atoms with Gasteiger partial charge in [-0.25, -0.2) is 9.59 Å². The maximum Gasteiger partial charge on any atom is 0.341 e. The van der Waals surface area contributed by atoms with Gasteiger partial charge in [-0.2, -0.15) is 9.97 Å². The largest absolute Gasteiger partial charge is 0.480 e. The van der Waals surface area contributed by atoms with Gasteiger partial charge in [-0.3, -0.25) is 0 Å². The van der Waals surface area contributed by atoms with Crippen molar-refractivity contribution in [2.75, 3.05) is 14.2 Å². The Labute approximate surface area is 251 Å². The van der Waals surface area contributed by atoms with Crippen molar-refractivity contribution in [2.24, 2.45) is 0 Å². The second-order valence-corrected chi connectivity index (χ2v) is 9.85. The molecular weight excluding hydrogens is 587 g/mol. The van der Waals surface area contributed by atoms with Gasteiger partial charge < -0.3 is 29.2 Å². The molecule has 2 heterocycles. The summed E-state index contributed by atoms with van der Waals surface area (Å²) in [5, 5.41) is 18.8. The minimum absolute atomic E-state index is 0.0513. The Balaban J connectivity index is 1.57. The minimum Gasteiger partial charge on any atom is -0.480 e. The summed E-state index contributed by atoms with van der Waals surface area (Å²) in [7, 11) is 2.64. The molecule has 0 radical (unpaired) electrons. The standard InChI is InChI=1S/C30H26Cl2N2O8/c1-15-17(13-41-27-23(31)11-21(29(35)36)25(33-27)39-3)7-5-9-19(15)20-10-6-8-18(16(20)2)14-42-28-24(32)12-22(30(37)38)26(34-28)40-4/h5-12H,13-14H2,1-4H3,(H,35,36)(H,37,38). The molecule has 0 saturated heterocycles. The fraction of sp³-hybridized carbons (Fsp3) is 0.200.